The van der Waals surface area contributed by atoms with Crippen molar-refractivity contribution < 1.29 is 45.4 Å². The van der Waals surface area contributed by atoms with Gasteiger partial charge in [-0.25, -0.2) is 4.39 Å². The summed E-state index contributed by atoms with van der Waals surface area (Å²) in [5.41, 5.74) is 1.77. The number of nitrogens with zero attached hydrogens (tertiary/aromatic N) is 1. The Morgan fingerprint density at radius 2 is 1.91 bits per heavy atom. The third-order valence-corrected chi connectivity index (χ3v) is 5.76. The number of anilines is 1. The third kappa shape index (κ3) is 4.79. The SMILES string of the molecule is C[C@@H]1[C@H](c2ccc(F)cc2OC(F)F)C(C(=O)Nc2ccnc(C(N)=O)c2)O[C@]1(C)C(F)(F)F. The molecule has 3 rings (SSSR count). The topological polar surface area (TPSA) is 104 Å². The highest BCUT2D eigenvalue weighted by molar-refractivity contribution is 5.97. The molecule has 7 nitrogen and oxygen atoms in total. The van der Waals surface area contributed by atoms with Gasteiger partial charge in [0.15, 0.2) is 5.60 Å². The van der Waals surface area contributed by atoms with Crippen LogP contribution >= 0.6 is 0 Å². The summed E-state index contributed by atoms with van der Waals surface area (Å²) in [6.07, 6.45) is -5.66. The number of ether oxygens (including phenoxy) is 2. The number of amides is 2. The van der Waals surface area contributed by atoms with Crippen LogP contribution in [-0.4, -0.2) is 41.3 Å². The van der Waals surface area contributed by atoms with Crippen molar-refractivity contribution in [2.24, 2.45) is 11.7 Å². The zero-order chi connectivity index (χ0) is 25.4. The summed E-state index contributed by atoms with van der Waals surface area (Å²) in [6.45, 7) is -1.53. The van der Waals surface area contributed by atoms with Crippen LogP contribution in [0.25, 0.3) is 0 Å². The van der Waals surface area contributed by atoms with E-state index >= 15 is 0 Å². The second kappa shape index (κ2) is 9.12. The highest BCUT2D eigenvalue weighted by Crippen LogP contribution is 2.54. The van der Waals surface area contributed by atoms with Crippen molar-refractivity contribution in [3.63, 3.8) is 0 Å². The smallest absolute Gasteiger partial charge is 0.417 e. The monoisotopic (exact) mass is 491 g/mol. The molecule has 0 spiro atoms. The maximum atomic E-state index is 13.9. The first-order valence-corrected chi connectivity index (χ1v) is 9.80. The maximum absolute atomic E-state index is 13.9. The van der Waals surface area contributed by atoms with Gasteiger partial charge in [0.2, 0.25) is 0 Å². The second-order valence-corrected chi connectivity index (χ2v) is 7.80. The Bertz CT molecular complexity index is 1100. The molecule has 0 aliphatic carbocycles. The van der Waals surface area contributed by atoms with Crippen LogP contribution in [0.2, 0.25) is 0 Å². The zero-order valence-electron chi connectivity index (χ0n) is 17.7. The Balaban J connectivity index is 2.06. The lowest BCUT2D eigenvalue weighted by Crippen LogP contribution is -2.47. The first kappa shape index (κ1) is 25.3. The third-order valence-electron chi connectivity index (χ3n) is 5.76. The van der Waals surface area contributed by atoms with E-state index in [1.54, 1.807) is 0 Å². The van der Waals surface area contributed by atoms with Crippen LogP contribution < -0.4 is 15.8 Å². The number of nitrogens with two attached hydrogens (primary N) is 1. The summed E-state index contributed by atoms with van der Waals surface area (Å²) >= 11 is 0. The fraction of sp³-hybridized carbons (Fsp3) is 0.381. The van der Waals surface area contributed by atoms with Crippen molar-refractivity contribution in [2.45, 2.75) is 44.3 Å². The van der Waals surface area contributed by atoms with Crippen molar-refractivity contribution in [3.05, 3.63) is 53.6 Å². The molecule has 1 aliphatic heterocycles. The zero-order valence-corrected chi connectivity index (χ0v) is 17.7. The number of aromatic nitrogens is 1. The van der Waals surface area contributed by atoms with Crippen molar-refractivity contribution >= 4 is 17.5 Å². The van der Waals surface area contributed by atoms with E-state index in [-0.39, 0.29) is 16.9 Å². The number of benzene rings is 1. The van der Waals surface area contributed by atoms with E-state index in [0.29, 0.717) is 6.07 Å². The van der Waals surface area contributed by atoms with E-state index in [0.717, 1.165) is 38.2 Å². The molecule has 1 saturated heterocycles. The van der Waals surface area contributed by atoms with Crippen molar-refractivity contribution in [3.8, 4) is 5.75 Å². The molecule has 1 aliphatic rings. The fourth-order valence-corrected chi connectivity index (χ4v) is 3.86. The van der Waals surface area contributed by atoms with Gasteiger partial charge < -0.3 is 20.5 Å². The average molecular weight is 491 g/mol. The van der Waals surface area contributed by atoms with Crippen molar-refractivity contribution in [2.75, 3.05) is 5.32 Å². The second-order valence-electron chi connectivity index (χ2n) is 7.80. The Labute approximate surface area is 189 Å². The van der Waals surface area contributed by atoms with E-state index in [4.69, 9.17) is 10.5 Å². The Kier molecular flexibility index (Phi) is 6.78. The number of alkyl halides is 5. The number of hydrogen-bond acceptors (Lipinski definition) is 5. The molecule has 2 heterocycles. The van der Waals surface area contributed by atoms with Gasteiger partial charge >= 0.3 is 12.8 Å². The molecule has 2 amide bonds. The number of hydrogen-bond donors (Lipinski definition) is 2. The first-order chi connectivity index (χ1) is 15.7. The predicted molar refractivity (Wildman–Crippen MR) is 106 cm³/mol. The quantitative estimate of drug-likeness (QED) is 0.595. The molecule has 184 valence electrons. The van der Waals surface area contributed by atoms with Crippen LogP contribution in [0.4, 0.5) is 32.0 Å². The van der Waals surface area contributed by atoms with Gasteiger partial charge in [-0.15, -0.1) is 0 Å². The largest absolute Gasteiger partial charge is 0.434 e. The van der Waals surface area contributed by atoms with Crippen LogP contribution in [0.3, 0.4) is 0 Å². The first-order valence-electron chi connectivity index (χ1n) is 9.80. The number of carbonyl (C=O) groups excluding carboxylic acids is 2. The Morgan fingerprint density at radius 3 is 2.50 bits per heavy atom. The number of carbonyl (C=O) groups is 2. The maximum Gasteiger partial charge on any atom is 0.417 e. The summed E-state index contributed by atoms with van der Waals surface area (Å²) in [7, 11) is 0. The van der Waals surface area contributed by atoms with E-state index in [1.165, 1.54) is 6.07 Å². The van der Waals surface area contributed by atoms with Crippen LogP contribution in [0.1, 0.15) is 35.8 Å². The lowest BCUT2D eigenvalue weighted by molar-refractivity contribution is -0.272. The molecule has 4 atom stereocenters. The molecule has 1 aromatic heterocycles. The Morgan fingerprint density at radius 1 is 1.24 bits per heavy atom. The molecule has 3 N–H and O–H groups in total. The van der Waals surface area contributed by atoms with E-state index in [9.17, 15) is 35.9 Å². The van der Waals surface area contributed by atoms with E-state index < -0.39 is 59.7 Å². The highest BCUT2D eigenvalue weighted by atomic mass is 19.4. The summed E-state index contributed by atoms with van der Waals surface area (Å²) in [5, 5.41) is 2.32. The molecule has 0 saturated carbocycles. The van der Waals surface area contributed by atoms with Gasteiger partial charge in [0.1, 0.15) is 23.4 Å². The van der Waals surface area contributed by atoms with Crippen molar-refractivity contribution in [1.29, 1.82) is 0 Å². The minimum Gasteiger partial charge on any atom is -0.434 e. The fourth-order valence-electron chi connectivity index (χ4n) is 3.86. The van der Waals surface area contributed by atoms with Crippen LogP contribution in [0.15, 0.2) is 36.5 Å². The molecule has 1 unspecified atom stereocenters. The summed E-state index contributed by atoms with van der Waals surface area (Å²) in [4.78, 5) is 28.0. The van der Waals surface area contributed by atoms with E-state index in [2.05, 4.69) is 15.0 Å². The van der Waals surface area contributed by atoms with Crippen LogP contribution in [0, 0.1) is 11.7 Å². The average Bonchev–Trinajstić information content (AvgIpc) is 3.00. The molecule has 34 heavy (non-hydrogen) atoms. The molecular formula is C21H19F6N3O4. The molecule has 0 radical (unpaired) electrons. The van der Waals surface area contributed by atoms with Gasteiger partial charge in [-0.1, -0.05) is 13.0 Å². The molecule has 0 bridgehead atoms. The number of halogens is 6. The number of primary amides is 1. The van der Waals surface area contributed by atoms with Gasteiger partial charge in [0, 0.05) is 35.3 Å². The minimum atomic E-state index is -4.95. The van der Waals surface area contributed by atoms with Gasteiger partial charge in [-0.2, -0.15) is 22.0 Å². The van der Waals surface area contributed by atoms with Crippen LogP contribution in [0.5, 0.6) is 5.75 Å². The van der Waals surface area contributed by atoms with Gasteiger partial charge in [-0.3, -0.25) is 14.6 Å². The summed E-state index contributed by atoms with van der Waals surface area (Å²) in [6, 6.07) is 4.76. The summed E-state index contributed by atoms with van der Waals surface area (Å²) < 4.78 is 90.9. The summed E-state index contributed by atoms with van der Waals surface area (Å²) in [5.74, 6) is -6.62. The molecule has 1 aromatic carbocycles. The Hall–Kier alpha value is -3.35. The molecule has 13 heteroatoms. The molecule has 1 fully saturated rings. The number of rotatable bonds is 6. The number of pyridine rings is 1. The molecule has 2 aromatic rings. The van der Waals surface area contributed by atoms with Crippen LogP contribution in [-0.2, 0) is 9.53 Å². The molecular weight excluding hydrogens is 472 g/mol. The minimum absolute atomic E-state index is 0.0208. The van der Waals surface area contributed by atoms with Gasteiger partial charge in [0.05, 0.1) is 0 Å². The van der Waals surface area contributed by atoms with Gasteiger partial charge in [0.25, 0.3) is 11.8 Å². The lowest BCUT2D eigenvalue weighted by Gasteiger charge is -2.32. The lowest BCUT2D eigenvalue weighted by atomic mass is 9.77. The predicted octanol–water partition coefficient (Wildman–Crippen LogP) is 4.00. The standard InChI is InChI=1S/C21H19F6N3O4/c1-9-15(12-4-3-10(22)7-14(12)33-19(23)24)16(34-20(9,2)21(25,26)27)18(32)30-11-5-6-29-13(8-11)17(28)31/h3-9,15-16,19H,1-2H3,(H2,28,31)(H,29,30,32)/t9-,15-,16?,20+/m1/s1. The number of nitrogens with one attached hydrogen (secondary N) is 1. The van der Waals surface area contributed by atoms with Gasteiger partial charge in [-0.05, 0) is 25.1 Å². The highest BCUT2D eigenvalue weighted by Gasteiger charge is 2.65. The normalized spacial score (nSPS) is 24.8. The van der Waals surface area contributed by atoms with E-state index in [1.807, 2.05) is 0 Å². The van der Waals surface area contributed by atoms with Crippen molar-refractivity contribution in [1.82, 2.24) is 4.98 Å².